The predicted octanol–water partition coefficient (Wildman–Crippen LogP) is 2.24. The molecule has 0 spiro atoms. The molecule has 3 nitrogen and oxygen atoms in total. The molecule has 0 unspecified atom stereocenters. The van der Waals surface area contributed by atoms with Gasteiger partial charge in [-0.15, -0.1) is 0 Å². The van der Waals surface area contributed by atoms with E-state index in [9.17, 15) is 13.6 Å². The van der Waals surface area contributed by atoms with E-state index in [1.807, 2.05) is 19.1 Å². The summed E-state index contributed by atoms with van der Waals surface area (Å²) in [6.07, 6.45) is 4.42. The molecule has 0 radical (unpaired) electrons. The Hall–Kier alpha value is -1.91. The van der Waals surface area contributed by atoms with Crippen LogP contribution in [0.15, 0.2) is 24.3 Å². The van der Waals surface area contributed by atoms with Crippen molar-refractivity contribution in [3.8, 4) is 0 Å². The first-order chi connectivity index (χ1) is 8.06. The third kappa shape index (κ3) is 3.55. The van der Waals surface area contributed by atoms with E-state index in [-0.39, 0.29) is 11.3 Å². The quantitative estimate of drug-likeness (QED) is 0.482. The van der Waals surface area contributed by atoms with Crippen LogP contribution in [0.1, 0.15) is 23.7 Å². The van der Waals surface area contributed by atoms with Crippen molar-refractivity contribution in [3.05, 3.63) is 41.5 Å². The number of nitrogen functional groups attached to an aromatic ring is 1. The minimum atomic E-state index is -1.09. The number of hydrogen-bond donors (Lipinski definition) is 2. The lowest BCUT2D eigenvalue weighted by atomic mass is 10.1. The minimum absolute atomic E-state index is 0.0515. The van der Waals surface area contributed by atoms with Gasteiger partial charge >= 0.3 is 0 Å². The van der Waals surface area contributed by atoms with Gasteiger partial charge in [-0.3, -0.25) is 4.79 Å². The van der Waals surface area contributed by atoms with Gasteiger partial charge in [-0.25, -0.2) is 8.78 Å². The lowest BCUT2D eigenvalue weighted by Crippen LogP contribution is -2.25. The van der Waals surface area contributed by atoms with Crippen LogP contribution in [0, 0.1) is 11.6 Å². The smallest absolute Gasteiger partial charge is 0.253 e. The number of carbonyl (C=O) groups is 1. The number of carbonyl (C=O) groups excluding carboxylic acids is 1. The predicted molar refractivity (Wildman–Crippen MR) is 62.5 cm³/mol. The fraction of sp³-hybridized carbons (Fsp3) is 0.250. The summed E-state index contributed by atoms with van der Waals surface area (Å²) in [6.45, 7) is 2.29. The molecule has 0 aliphatic carbocycles. The van der Waals surface area contributed by atoms with E-state index in [0.29, 0.717) is 13.0 Å². The molecule has 3 N–H and O–H groups in total. The molecular weight excluding hydrogens is 226 g/mol. The maximum Gasteiger partial charge on any atom is 0.253 e. The summed E-state index contributed by atoms with van der Waals surface area (Å²) < 4.78 is 25.7. The maximum atomic E-state index is 12.9. The molecule has 0 atom stereocenters. The van der Waals surface area contributed by atoms with E-state index in [4.69, 9.17) is 5.73 Å². The molecule has 0 bridgehead atoms. The van der Waals surface area contributed by atoms with Gasteiger partial charge in [-0.1, -0.05) is 12.2 Å². The van der Waals surface area contributed by atoms with Gasteiger partial charge < -0.3 is 11.1 Å². The first kappa shape index (κ1) is 13.2. The fourth-order valence-electron chi connectivity index (χ4n) is 1.29. The third-order valence-electron chi connectivity index (χ3n) is 2.17. The van der Waals surface area contributed by atoms with E-state index in [1.165, 1.54) is 0 Å². The zero-order valence-electron chi connectivity index (χ0n) is 9.47. The molecule has 1 amide bonds. The lowest BCUT2D eigenvalue weighted by Gasteiger charge is -2.07. The molecule has 92 valence electrons. The Morgan fingerprint density at radius 2 is 2.06 bits per heavy atom. The molecule has 1 rings (SSSR count). The molecule has 0 saturated heterocycles. The Bertz CT molecular complexity index is 444. The van der Waals surface area contributed by atoms with E-state index < -0.39 is 17.5 Å². The van der Waals surface area contributed by atoms with Crippen molar-refractivity contribution >= 4 is 11.6 Å². The molecule has 17 heavy (non-hydrogen) atoms. The SMILES string of the molecule is C/C=C/CCNC(=O)c1cc(F)c(F)cc1N. The van der Waals surface area contributed by atoms with E-state index in [0.717, 1.165) is 12.1 Å². The summed E-state index contributed by atoms with van der Waals surface area (Å²) in [5, 5.41) is 2.56. The van der Waals surface area contributed by atoms with Gasteiger partial charge in [0, 0.05) is 18.3 Å². The van der Waals surface area contributed by atoms with Crippen LogP contribution in [-0.2, 0) is 0 Å². The lowest BCUT2D eigenvalue weighted by molar-refractivity contribution is 0.0954. The molecule has 0 fully saturated rings. The van der Waals surface area contributed by atoms with E-state index in [1.54, 1.807) is 0 Å². The molecule has 1 aromatic rings. The molecule has 0 aliphatic rings. The Morgan fingerprint density at radius 3 is 2.71 bits per heavy atom. The highest BCUT2D eigenvalue weighted by atomic mass is 19.2. The van der Waals surface area contributed by atoms with Crippen molar-refractivity contribution in [2.24, 2.45) is 0 Å². The van der Waals surface area contributed by atoms with Gasteiger partial charge in [0.15, 0.2) is 11.6 Å². The van der Waals surface area contributed by atoms with Crippen molar-refractivity contribution in [1.82, 2.24) is 5.32 Å². The van der Waals surface area contributed by atoms with Gasteiger partial charge in [0.25, 0.3) is 5.91 Å². The van der Waals surface area contributed by atoms with Crippen LogP contribution in [0.25, 0.3) is 0 Å². The topological polar surface area (TPSA) is 55.1 Å². The normalized spacial score (nSPS) is 10.8. The van der Waals surface area contributed by atoms with Gasteiger partial charge in [-0.05, 0) is 19.4 Å². The Morgan fingerprint density at radius 1 is 1.41 bits per heavy atom. The number of rotatable bonds is 4. The number of nitrogens with two attached hydrogens (primary N) is 1. The number of hydrogen-bond acceptors (Lipinski definition) is 2. The number of amides is 1. The van der Waals surface area contributed by atoms with E-state index >= 15 is 0 Å². The monoisotopic (exact) mass is 240 g/mol. The Balaban J connectivity index is 2.72. The van der Waals surface area contributed by atoms with Crippen LogP contribution < -0.4 is 11.1 Å². The summed E-state index contributed by atoms with van der Waals surface area (Å²) in [6, 6.07) is 1.60. The second-order valence-electron chi connectivity index (χ2n) is 3.47. The summed E-state index contributed by atoms with van der Waals surface area (Å²) in [7, 11) is 0. The molecule has 0 heterocycles. The highest BCUT2D eigenvalue weighted by molar-refractivity contribution is 5.99. The van der Waals surface area contributed by atoms with Gasteiger partial charge in [0.1, 0.15) is 0 Å². The molecule has 0 aliphatic heterocycles. The van der Waals surface area contributed by atoms with Gasteiger partial charge in [0.2, 0.25) is 0 Å². The summed E-state index contributed by atoms with van der Waals surface area (Å²) >= 11 is 0. The molecule has 0 aromatic heterocycles. The summed E-state index contributed by atoms with van der Waals surface area (Å²) in [4.78, 5) is 11.6. The minimum Gasteiger partial charge on any atom is -0.398 e. The van der Waals surface area contributed by atoms with Crippen LogP contribution >= 0.6 is 0 Å². The van der Waals surface area contributed by atoms with Crippen LogP contribution in [-0.4, -0.2) is 12.5 Å². The second kappa shape index (κ2) is 5.98. The maximum absolute atomic E-state index is 12.9. The zero-order chi connectivity index (χ0) is 12.8. The zero-order valence-corrected chi connectivity index (χ0v) is 9.47. The van der Waals surface area contributed by atoms with Crippen molar-refractivity contribution in [2.75, 3.05) is 12.3 Å². The van der Waals surface area contributed by atoms with Gasteiger partial charge in [-0.2, -0.15) is 0 Å². The van der Waals surface area contributed by atoms with Crippen molar-refractivity contribution in [3.63, 3.8) is 0 Å². The molecule has 5 heteroatoms. The molecule has 0 saturated carbocycles. The third-order valence-corrected chi connectivity index (χ3v) is 2.17. The van der Waals surface area contributed by atoms with Crippen LogP contribution in [0.4, 0.5) is 14.5 Å². The number of nitrogens with one attached hydrogen (secondary N) is 1. The van der Waals surface area contributed by atoms with Crippen molar-refractivity contribution in [2.45, 2.75) is 13.3 Å². The first-order valence-corrected chi connectivity index (χ1v) is 5.20. The standard InChI is InChI=1S/C12H14F2N2O/c1-2-3-4-5-16-12(17)8-6-9(13)10(14)7-11(8)15/h2-3,6-7H,4-5,15H2,1H3,(H,16,17)/b3-2+. The van der Waals surface area contributed by atoms with Gasteiger partial charge in [0.05, 0.1) is 5.56 Å². The van der Waals surface area contributed by atoms with Crippen molar-refractivity contribution in [1.29, 1.82) is 0 Å². The largest absolute Gasteiger partial charge is 0.398 e. The first-order valence-electron chi connectivity index (χ1n) is 5.20. The molecule has 1 aromatic carbocycles. The Kier molecular flexibility index (Phi) is 4.63. The molecular formula is C12H14F2N2O. The number of allylic oxidation sites excluding steroid dienone is 1. The number of halogens is 2. The van der Waals surface area contributed by atoms with Crippen LogP contribution in [0.5, 0.6) is 0 Å². The second-order valence-corrected chi connectivity index (χ2v) is 3.47. The fourth-order valence-corrected chi connectivity index (χ4v) is 1.29. The summed E-state index contributed by atoms with van der Waals surface area (Å²) in [5.74, 6) is -2.66. The van der Waals surface area contributed by atoms with Crippen molar-refractivity contribution < 1.29 is 13.6 Å². The average molecular weight is 240 g/mol. The van der Waals surface area contributed by atoms with Crippen LogP contribution in [0.3, 0.4) is 0 Å². The van der Waals surface area contributed by atoms with Crippen LogP contribution in [0.2, 0.25) is 0 Å². The number of anilines is 1. The highest BCUT2D eigenvalue weighted by Gasteiger charge is 2.13. The number of benzene rings is 1. The average Bonchev–Trinajstić information content (AvgIpc) is 2.29. The Labute approximate surface area is 98.3 Å². The van der Waals surface area contributed by atoms with E-state index in [2.05, 4.69) is 5.32 Å². The summed E-state index contributed by atoms with van der Waals surface area (Å²) in [5.41, 5.74) is 5.31. The highest BCUT2D eigenvalue weighted by Crippen LogP contribution is 2.16.